The molecule has 0 saturated carbocycles. The Bertz CT molecular complexity index is 678. The molecule has 1 N–H and O–H groups in total. The average molecular weight is 273 g/mol. The lowest BCUT2D eigenvalue weighted by molar-refractivity contribution is -0.111. The van der Waals surface area contributed by atoms with Crippen LogP contribution in [0.15, 0.2) is 12.3 Å². The van der Waals surface area contributed by atoms with Crippen molar-refractivity contribution in [3.05, 3.63) is 34.9 Å². The average Bonchev–Trinajstić information content (AvgIpc) is 2.83. The Morgan fingerprint density at radius 3 is 2.40 bits per heavy atom. The van der Waals surface area contributed by atoms with Crippen LogP contribution in [0.1, 0.15) is 22.6 Å². The van der Waals surface area contributed by atoms with Crippen LogP contribution in [0.4, 0.5) is 5.69 Å². The molecule has 0 aromatic carbocycles. The number of carbonyl (C=O) groups is 1. The summed E-state index contributed by atoms with van der Waals surface area (Å²) in [5.74, 6) is -0.174. The molecule has 0 aliphatic heterocycles. The summed E-state index contributed by atoms with van der Waals surface area (Å²) in [5.41, 5.74) is 4.46. The predicted octanol–water partition coefficient (Wildman–Crippen LogP) is 1.73. The van der Waals surface area contributed by atoms with Gasteiger partial charge in [0.15, 0.2) is 0 Å². The molecule has 0 atom stereocenters. The van der Waals surface area contributed by atoms with Gasteiger partial charge in [0.1, 0.15) is 0 Å². The molecule has 106 valence electrons. The molecule has 6 heteroatoms. The molecule has 0 spiro atoms. The van der Waals surface area contributed by atoms with Crippen molar-refractivity contribution in [3.63, 3.8) is 0 Å². The van der Waals surface area contributed by atoms with E-state index in [-0.39, 0.29) is 5.91 Å². The molecular formula is C14H19N5O. The molecule has 6 nitrogen and oxygen atoms in total. The van der Waals surface area contributed by atoms with E-state index in [1.54, 1.807) is 21.6 Å². The second kappa shape index (κ2) is 5.32. The maximum Gasteiger partial charge on any atom is 0.248 e. The fraction of sp³-hybridized carbons (Fsp3) is 0.357. The van der Waals surface area contributed by atoms with E-state index in [2.05, 4.69) is 15.5 Å². The first-order chi connectivity index (χ1) is 9.40. The Labute approximate surface area is 118 Å². The maximum absolute atomic E-state index is 12.0. The van der Waals surface area contributed by atoms with Gasteiger partial charge in [0, 0.05) is 31.4 Å². The van der Waals surface area contributed by atoms with Crippen LogP contribution >= 0.6 is 0 Å². The van der Waals surface area contributed by atoms with Crippen LogP contribution in [0.3, 0.4) is 0 Å². The summed E-state index contributed by atoms with van der Waals surface area (Å²) in [4.78, 5) is 12.0. The van der Waals surface area contributed by atoms with Gasteiger partial charge in [-0.1, -0.05) is 0 Å². The number of anilines is 1. The first-order valence-corrected chi connectivity index (χ1v) is 6.38. The van der Waals surface area contributed by atoms with E-state index in [0.717, 1.165) is 28.3 Å². The van der Waals surface area contributed by atoms with Crippen molar-refractivity contribution in [2.75, 3.05) is 5.32 Å². The number of aryl methyl sites for hydroxylation is 3. The van der Waals surface area contributed by atoms with Crippen molar-refractivity contribution in [2.45, 2.75) is 20.8 Å². The number of nitrogens with zero attached hydrogens (tertiary/aromatic N) is 4. The molecule has 2 rings (SSSR count). The SMILES string of the molecule is Cc1nn(C)c(C)c1NC(=O)/C=C\c1cnn(C)c1C. The highest BCUT2D eigenvalue weighted by atomic mass is 16.1. The van der Waals surface area contributed by atoms with Gasteiger partial charge in [-0.3, -0.25) is 14.2 Å². The van der Waals surface area contributed by atoms with Gasteiger partial charge in [-0.05, 0) is 26.8 Å². The first-order valence-electron chi connectivity index (χ1n) is 6.38. The Kier molecular flexibility index (Phi) is 3.74. The third kappa shape index (κ3) is 2.64. The Balaban J connectivity index is 2.11. The zero-order valence-electron chi connectivity index (χ0n) is 12.4. The topological polar surface area (TPSA) is 64.7 Å². The van der Waals surface area contributed by atoms with E-state index in [1.165, 1.54) is 6.08 Å². The van der Waals surface area contributed by atoms with Crippen LogP contribution < -0.4 is 5.32 Å². The highest BCUT2D eigenvalue weighted by Crippen LogP contribution is 2.18. The smallest absolute Gasteiger partial charge is 0.248 e. The number of rotatable bonds is 3. The molecule has 0 unspecified atom stereocenters. The quantitative estimate of drug-likeness (QED) is 0.866. The third-order valence-corrected chi connectivity index (χ3v) is 3.44. The van der Waals surface area contributed by atoms with E-state index in [4.69, 9.17) is 0 Å². The summed E-state index contributed by atoms with van der Waals surface area (Å²) in [6, 6.07) is 0. The summed E-state index contributed by atoms with van der Waals surface area (Å²) in [6.45, 7) is 5.75. The van der Waals surface area contributed by atoms with Crippen LogP contribution in [0.2, 0.25) is 0 Å². The predicted molar refractivity (Wildman–Crippen MR) is 78.3 cm³/mol. The fourth-order valence-electron chi connectivity index (χ4n) is 1.96. The molecule has 0 radical (unpaired) electrons. The standard InChI is InChI=1S/C14H19N5O/c1-9-14(11(3)19(5)17-9)16-13(20)7-6-12-8-15-18(4)10(12)2/h6-8H,1-5H3,(H,16,20)/b7-6-. The van der Waals surface area contributed by atoms with Gasteiger partial charge in [0.25, 0.3) is 0 Å². The number of carbonyl (C=O) groups excluding carboxylic acids is 1. The highest BCUT2D eigenvalue weighted by Gasteiger charge is 2.10. The minimum absolute atomic E-state index is 0.174. The minimum atomic E-state index is -0.174. The molecule has 2 heterocycles. The zero-order valence-corrected chi connectivity index (χ0v) is 12.4. The van der Waals surface area contributed by atoms with Gasteiger partial charge in [-0.25, -0.2) is 0 Å². The largest absolute Gasteiger partial charge is 0.319 e. The van der Waals surface area contributed by atoms with Gasteiger partial charge in [-0.2, -0.15) is 10.2 Å². The van der Waals surface area contributed by atoms with Crippen molar-refractivity contribution < 1.29 is 4.79 Å². The number of hydrogen-bond acceptors (Lipinski definition) is 3. The number of aromatic nitrogens is 4. The van der Waals surface area contributed by atoms with Crippen molar-refractivity contribution in [3.8, 4) is 0 Å². The van der Waals surface area contributed by atoms with Gasteiger partial charge in [0.2, 0.25) is 5.91 Å². The van der Waals surface area contributed by atoms with Crippen molar-refractivity contribution in [1.82, 2.24) is 19.6 Å². The Hall–Kier alpha value is -2.37. The molecule has 0 aliphatic carbocycles. The van der Waals surface area contributed by atoms with E-state index in [1.807, 2.05) is 34.9 Å². The van der Waals surface area contributed by atoms with E-state index >= 15 is 0 Å². The lowest BCUT2D eigenvalue weighted by Gasteiger charge is -2.02. The first kappa shape index (κ1) is 14.0. The van der Waals surface area contributed by atoms with E-state index in [0.29, 0.717) is 0 Å². The van der Waals surface area contributed by atoms with Crippen LogP contribution in [-0.4, -0.2) is 25.5 Å². The van der Waals surface area contributed by atoms with Crippen LogP contribution in [0, 0.1) is 20.8 Å². The number of amides is 1. The van der Waals surface area contributed by atoms with Crippen LogP contribution in [-0.2, 0) is 18.9 Å². The van der Waals surface area contributed by atoms with Gasteiger partial charge in [-0.15, -0.1) is 0 Å². The van der Waals surface area contributed by atoms with Crippen molar-refractivity contribution >= 4 is 17.7 Å². The van der Waals surface area contributed by atoms with Crippen molar-refractivity contribution in [1.29, 1.82) is 0 Å². The Morgan fingerprint density at radius 1 is 1.20 bits per heavy atom. The number of nitrogens with one attached hydrogen (secondary N) is 1. The Morgan fingerprint density at radius 2 is 1.90 bits per heavy atom. The maximum atomic E-state index is 12.0. The van der Waals surface area contributed by atoms with E-state index in [9.17, 15) is 4.79 Å². The zero-order chi connectivity index (χ0) is 14.9. The summed E-state index contributed by atoms with van der Waals surface area (Å²) >= 11 is 0. The van der Waals surface area contributed by atoms with Gasteiger partial charge >= 0.3 is 0 Å². The third-order valence-electron chi connectivity index (χ3n) is 3.44. The summed E-state index contributed by atoms with van der Waals surface area (Å²) in [6.07, 6.45) is 5.01. The molecular weight excluding hydrogens is 254 g/mol. The highest BCUT2D eigenvalue weighted by molar-refractivity contribution is 6.02. The number of hydrogen-bond donors (Lipinski definition) is 1. The van der Waals surface area contributed by atoms with Gasteiger partial charge < -0.3 is 5.32 Å². The molecule has 0 bridgehead atoms. The normalized spacial score (nSPS) is 11.2. The van der Waals surface area contributed by atoms with Crippen LogP contribution in [0.5, 0.6) is 0 Å². The lowest BCUT2D eigenvalue weighted by Crippen LogP contribution is -2.09. The second-order valence-corrected chi connectivity index (χ2v) is 4.80. The molecule has 0 aliphatic rings. The second-order valence-electron chi connectivity index (χ2n) is 4.80. The molecule has 0 saturated heterocycles. The van der Waals surface area contributed by atoms with Crippen molar-refractivity contribution in [2.24, 2.45) is 14.1 Å². The monoisotopic (exact) mass is 273 g/mol. The molecule has 1 amide bonds. The summed E-state index contributed by atoms with van der Waals surface area (Å²) in [7, 11) is 3.72. The van der Waals surface area contributed by atoms with Crippen LogP contribution in [0.25, 0.3) is 6.08 Å². The fourth-order valence-corrected chi connectivity index (χ4v) is 1.96. The summed E-state index contributed by atoms with van der Waals surface area (Å²) in [5, 5.41) is 11.3. The van der Waals surface area contributed by atoms with Gasteiger partial charge in [0.05, 0.1) is 23.3 Å². The summed E-state index contributed by atoms with van der Waals surface area (Å²) < 4.78 is 3.52. The molecule has 2 aromatic rings. The lowest BCUT2D eigenvalue weighted by atomic mass is 10.2. The molecule has 2 aromatic heterocycles. The molecule has 20 heavy (non-hydrogen) atoms. The van der Waals surface area contributed by atoms with E-state index < -0.39 is 0 Å². The minimum Gasteiger partial charge on any atom is -0.319 e. The molecule has 0 fully saturated rings.